The van der Waals surface area contributed by atoms with Gasteiger partial charge < -0.3 is 9.80 Å². The highest BCUT2D eigenvalue weighted by molar-refractivity contribution is 6.31. The van der Waals surface area contributed by atoms with Crippen molar-refractivity contribution >= 4 is 11.6 Å². The second-order valence-corrected chi connectivity index (χ2v) is 7.56. The lowest BCUT2D eigenvalue weighted by Gasteiger charge is -2.37. The van der Waals surface area contributed by atoms with Crippen LogP contribution < -0.4 is 9.80 Å². The van der Waals surface area contributed by atoms with E-state index in [0.717, 1.165) is 23.5 Å². The standard InChI is InChI=1S/C18H27ClN2/c1-15-5-4-10-21(13-15)17-8-11-20(12-9-17)14-16-6-2-3-7-18(16)19/h2-3,6-7,15,17H,4-5,8-14H2,1H3/p+2/t15-/m0/s1. The molecule has 3 heteroatoms. The molecule has 2 atom stereocenters. The molecule has 0 amide bonds. The summed E-state index contributed by atoms with van der Waals surface area (Å²) in [7, 11) is 0. The van der Waals surface area contributed by atoms with Crippen LogP contribution in [-0.2, 0) is 6.54 Å². The van der Waals surface area contributed by atoms with E-state index in [9.17, 15) is 0 Å². The molecule has 2 aliphatic rings. The highest BCUT2D eigenvalue weighted by Gasteiger charge is 2.32. The van der Waals surface area contributed by atoms with Gasteiger partial charge in [0.15, 0.2) is 0 Å². The van der Waals surface area contributed by atoms with Gasteiger partial charge in [0, 0.05) is 29.3 Å². The number of rotatable bonds is 3. The van der Waals surface area contributed by atoms with Crippen molar-refractivity contribution in [2.24, 2.45) is 5.92 Å². The molecule has 0 saturated carbocycles. The van der Waals surface area contributed by atoms with Crippen molar-refractivity contribution in [1.29, 1.82) is 0 Å². The molecule has 2 saturated heterocycles. The van der Waals surface area contributed by atoms with E-state index in [1.165, 1.54) is 57.4 Å². The highest BCUT2D eigenvalue weighted by atomic mass is 35.5. The van der Waals surface area contributed by atoms with E-state index >= 15 is 0 Å². The van der Waals surface area contributed by atoms with Crippen LogP contribution in [0.25, 0.3) is 0 Å². The van der Waals surface area contributed by atoms with E-state index in [1.807, 2.05) is 17.0 Å². The zero-order valence-electron chi connectivity index (χ0n) is 13.2. The lowest BCUT2D eigenvalue weighted by Crippen LogP contribution is -3.21. The third kappa shape index (κ3) is 4.00. The van der Waals surface area contributed by atoms with Crippen molar-refractivity contribution in [3.63, 3.8) is 0 Å². The lowest BCUT2D eigenvalue weighted by atomic mass is 9.95. The summed E-state index contributed by atoms with van der Waals surface area (Å²) in [4.78, 5) is 3.61. The maximum atomic E-state index is 6.29. The second-order valence-electron chi connectivity index (χ2n) is 7.15. The van der Waals surface area contributed by atoms with Crippen LogP contribution >= 0.6 is 11.6 Å². The molecule has 1 aromatic rings. The number of hydrogen-bond donors (Lipinski definition) is 2. The molecule has 2 heterocycles. The molecular weight excluding hydrogens is 280 g/mol. The summed E-state index contributed by atoms with van der Waals surface area (Å²) in [5.41, 5.74) is 1.31. The van der Waals surface area contributed by atoms with Crippen LogP contribution in [0.3, 0.4) is 0 Å². The van der Waals surface area contributed by atoms with Crippen molar-refractivity contribution in [1.82, 2.24) is 0 Å². The number of nitrogens with one attached hydrogen (secondary N) is 2. The van der Waals surface area contributed by atoms with Crippen LogP contribution in [0.2, 0.25) is 5.02 Å². The van der Waals surface area contributed by atoms with Crippen molar-refractivity contribution in [3.8, 4) is 0 Å². The Bertz CT molecular complexity index is 454. The molecule has 2 aliphatic heterocycles. The SMILES string of the molecule is C[C@H]1CCC[NH+](C2CC[NH+](Cc3ccccc3Cl)CC2)C1. The normalized spacial score (nSPS) is 33.8. The maximum absolute atomic E-state index is 6.29. The smallest absolute Gasteiger partial charge is 0.104 e. The zero-order valence-corrected chi connectivity index (χ0v) is 14.0. The summed E-state index contributed by atoms with van der Waals surface area (Å²) < 4.78 is 0. The highest BCUT2D eigenvalue weighted by Crippen LogP contribution is 2.14. The summed E-state index contributed by atoms with van der Waals surface area (Å²) in [6, 6.07) is 9.24. The van der Waals surface area contributed by atoms with Crippen molar-refractivity contribution in [2.45, 2.75) is 45.2 Å². The number of quaternary nitrogens is 2. The molecule has 0 aliphatic carbocycles. The number of hydrogen-bond acceptors (Lipinski definition) is 0. The van der Waals surface area contributed by atoms with Gasteiger partial charge in [0.1, 0.15) is 6.54 Å². The molecule has 21 heavy (non-hydrogen) atoms. The lowest BCUT2D eigenvalue weighted by molar-refractivity contribution is -0.967. The number of piperidine rings is 2. The fourth-order valence-electron chi connectivity index (χ4n) is 4.22. The molecule has 2 fully saturated rings. The third-order valence-corrected chi connectivity index (χ3v) is 5.84. The van der Waals surface area contributed by atoms with Gasteiger partial charge in [0.2, 0.25) is 0 Å². The summed E-state index contributed by atoms with van der Waals surface area (Å²) in [5, 5.41) is 0.933. The van der Waals surface area contributed by atoms with E-state index in [4.69, 9.17) is 11.6 Å². The average molecular weight is 309 g/mol. The first kappa shape index (κ1) is 15.3. The van der Waals surface area contributed by atoms with Gasteiger partial charge in [-0.3, -0.25) is 0 Å². The van der Waals surface area contributed by atoms with E-state index in [-0.39, 0.29) is 0 Å². The van der Waals surface area contributed by atoms with Crippen LogP contribution in [0.1, 0.15) is 38.2 Å². The van der Waals surface area contributed by atoms with Gasteiger partial charge in [-0.1, -0.05) is 36.7 Å². The van der Waals surface area contributed by atoms with Crippen LogP contribution in [0, 0.1) is 5.92 Å². The molecule has 2 N–H and O–H groups in total. The Morgan fingerprint density at radius 3 is 2.57 bits per heavy atom. The maximum Gasteiger partial charge on any atom is 0.104 e. The molecule has 1 aromatic carbocycles. The zero-order chi connectivity index (χ0) is 14.7. The Morgan fingerprint density at radius 2 is 1.86 bits per heavy atom. The van der Waals surface area contributed by atoms with E-state index in [2.05, 4.69) is 19.1 Å². The van der Waals surface area contributed by atoms with Crippen molar-refractivity contribution in [3.05, 3.63) is 34.9 Å². The molecule has 116 valence electrons. The first-order valence-electron chi connectivity index (χ1n) is 8.64. The van der Waals surface area contributed by atoms with Gasteiger partial charge in [-0.25, -0.2) is 0 Å². The molecule has 0 bridgehead atoms. The van der Waals surface area contributed by atoms with Gasteiger partial charge >= 0.3 is 0 Å². The number of benzene rings is 1. The summed E-state index contributed by atoms with van der Waals surface area (Å²) in [6.07, 6.45) is 5.66. The minimum atomic E-state index is 0.919. The molecule has 0 aromatic heterocycles. The Balaban J connectivity index is 1.50. The molecule has 0 radical (unpaired) electrons. The van der Waals surface area contributed by atoms with Crippen LogP contribution in [-0.4, -0.2) is 32.2 Å². The first-order chi connectivity index (χ1) is 10.2. The van der Waals surface area contributed by atoms with Gasteiger partial charge in [-0.2, -0.15) is 0 Å². The van der Waals surface area contributed by atoms with E-state index in [0.29, 0.717) is 0 Å². The predicted molar refractivity (Wildman–Crippen MR) is 88.0 cm³/mol. The fourth-order valence-corrected chi connectivity index (χ4v) is 4.42. The minimum absolute atomic E-state index is 0.919. The molecule has 3 rings (SSSR count). The Hall–Kier alpha value is -0.570. The number of likely N-dealkylation sites (tertiary alicyclic amines) is 2. The molecular formula is C18H29ClN2+2. The van der Waals surface area contributed by atoms with Crippen LogP contribution in [0.5, 0.6) is 0 Å². The molecule has 1 unspecified atom stereocenters. The van der Waals surface area contributed by atoms with Crippen molar-refractivity contribution in [2.75, 3.05) is 26.2 Å². The van der Waals surface area contributed by atoms with Gasteiger partial charge in [-0.05, 0) is 18.9 Å². The predicted octanol–water partition coefficient (Wildman–Crippen LogP) is 1.20. The van der Waals surface area contributed by atoms with Crippen molar-refractivity contribution < 1.29 is 9.80 Å². The summed E-state index contributed by atoms with van der Waals surface area (Å²) in [6.45, 7) is 8.97. The summed E-state index contributed by atoms with van der Waals surface area (Å²) in [5.74, 6) is 0.933. The largest absolute Gasteiger partial charge is 0.332 e. The van der Waals surface area contributed by atoms with Crippen LogP contribution in [0.15, 0.2) is 24.3 Å². The Kier molecular flexibility index (Phi) is 5.20. The van der Waals surface area contributed by atoms with Gasteiger partial charge in [0.25, 0.3) is 0 Å². The fraction of sp³-hybridized carbons (Fsp3) is 0.667. The molecule has 0 spiro atoms. The number of halogens is 1. The topological polar surface area (TPSA) is 8.88 Å². The van der Waals surface area contributed by atoms with Gasteiger partial charge in [0.05, 0.1) is 32.2 Å². The Morgan fingerprint density at radius 1 is 1.10 bits per heavy atom. The minimum Gasteiger partial charge on any atom is -0.332 e. The third-order valence-electron chi connectivity index (χ3n) is 5.47. The Labute approximate surface area is 134 Å². The molecule has 2 nitrogen and oxygen atoms in total. The van der Waals surface area contributed by atoms with E-state index in [1.54, 1.807) is 4.90 Å². The van der Waals surface area contributed by atoms with E-state index < -0.39 is 0 Å². The first-order valence-corrected chi connectivity index (χ1v) is 9.01. The van der Waals surface area contributed by atoms with Gasteiger partial charge in [-0.15, -0.1) is 0 Å². The summed E-state index contributed by atoms with van der Waals surface area (Å²) >= 11 is 6.29. The monoisotopic (exact) mass is 308 g/mol. The second kappa shape index (κ2) is 7.13. The quantitative estimate of drug-likeness (QED) is 0.830. The average Bonchev–Trinajstić information content (AvgIpc) is 2.50. The van der Waals surface area contributed by atoms with Crippen LogP contribution in [0.4, 0.5) is 0 Å².